The highest BCUT2D eigenvalue weighted by Gasteiger charge is 2.45. The summed E-state index contributed by atoms with van der Waals surface area (Å²) in [5.74, 6) is 0. The van der Waals surface area contributed by atoms with Gasteiger partial charge in [-0.25, -0.2) is 0 Å². The van der Waals surface area contributed by atoms with Crippen molar-refractivity contribution in [3.63, 3.8) is 0 Å². The maximum atomic E-state index is 6.58. The molecule has 2 aromatic carbocycles. The Bertz CT molecular complexity index is 580. The molecule has 0 saturated carbocycles. The van der Waals surface area contributed by atoms with Crippen molar-refractivity contribution in [3.05, 3.63) is 66.2 Å². The third-order valence-electron chi connectivity index (χ3n) is 4.31. The average Bonchev–Trinajstić information content (AvgIpc) is 2.75. The molecule has 2 nitrogen and oxygen atoms in total. The monoisotopic (exact) mass is 284 g/mol. The van der Waals surface area contributed by atoms with E-state index in [2.05, 4.69) is 86.9 Å². The lowest BCUT2D eigenvalue weighted by atomic mass is 10.0. The normalized spacial score (nSPS) is 30.5. The van der Waals surface area contributed by atoms with Gasteiger partial charge in [0, 0.05) is 18.9 Å². The SMILES string of the molecule is B[P@@]1(c2ccccc2)O[C@@H](c2ccccc2)[C@@H](C)N1C. The largest absolute Gasteiger partial charge is 0.346 e. The first-order valence-corrected chi connectivity index (χ1v) is 9.12. The zero-order valence-corrected chi connectivity index (χ0v) is 13.1. The van der Waals surface area contributed by atoms with E-state index in [0.29, 0.717) is 6.04 Å². The molecule has 103 valence electrons. The Hall–Kier alpha value is -1.15. The molecule has 0 bridgehead atoms. The van der Waals surface area contributed by atoms with Gasteiger partial charge in [-0.3, -0.25) is 4.67 Å². The molecular weight excluding hydrogens is 264 g/mol. The van der Waals surface area contributed by atoms with Crippen LogP contribution in [0.2, 0.25) is 0 Å². The molecule has 0 unspecified atom stereocenters. The predicted octanol–water partition coefficient (Wildman–Crippen LogP) is 2.80. The van der Waals surface area contributed by atoms with Gasteiger partial charge in [0.1, 0.15) is 6.10 Å². The van der Waals surface area contributed by atoms with E-state index < -0.39 is 7.52 Å². The second-order valence-electron chi connectivity index (χ2n) is 5.47. The number of benzene rings is 2. The van der Waals surface area contributed by atoms with Crippen LogP contribution in [0.1, 0.15) is 18.6 Å². The lowest BCUT2D eigenvalue weighted by molar-refractivity contribution is 0.217. The van der Waals surface area contributed by atoms with Gasteiger partial charge in [-0.1, -0.05) is 60.7 Å². The van der Waals surface area contributed by atoms with Gasteiger partial charge in [0.25, 0.3) is 0 Å². The molecule has 20 heavy (non-hydrogen) atoms. The third kappa shape index (κ3) is 2.20. The van der Waals surface area contributed by atoms with Gasteiger partial charge in [0.2, 0.25) is 0 Å². The fraction of sp³-hybridized carbons (Fsp3) is 0.250. The smallest absolute Gasteiger partial charge is 0.186 e. The van der Waals surface area contributed by atoms with Gasteiger partial charge >= 0.3 is 0 Å². The number of nitrogens with zero attached hydrogens (tertiary/aromatic N) is 1. The highest BCUT2D eigenvalue weighted by Crippen LogP contribution is 2.66. The summed E-state index contributed by atoms with van der Waals surface area (Å²) >= 11 is 0. The minimum Gasteiger partial charge on any atom is -0.346 e. The van der Waals surface area contributed by atoms with Crippen molar-refractivity contribution < 1.29 is 4.52 Å². The molecule has 0 N–H and O–H groups in total. The third-order valence-corrected chi connectivity index (χ3v) is 7.77. The number of hydrogen-bond donors (Lipinski definition) is 0. The molecule has 1 aliphatic heterocycles. The van der Waals surface area contributed by atoms with Gasteiger partial charge in [0.15, 0.2) is 7.57 Å². The summed E-state index contributed by atoms with van der Waals surface area (Å²) in [5.41, 5.74) is 1.27. The van der Waals surface area contributed by atoms with E-state index in [1.165, 1.54) is 10.9 Å². The van der Waals surface area contributed by atoms with Crippen molar-refractivity contribution >= 4 is 20.4 Å². The highest BCUT2D eigenvalue weighted by atomic mass is 31.2. The lowest BCUT2D eigenvalue weighted by Gasteiger charge is -2.35. The summed E-state index contributed by atoms with van der Waals surface area (Å²) in [5, 5.41) is 1.31. The lowest BCUT2D eigenvalue weighted by Crippen LogP contribution is -2.28. The van der Waals surface area contributed by atoms with E-state index in [-0.39, 0.29) is 6.10 Å². The average molecular weight is 284 g/mol. The molecule has 2 aromatic rings. The van der Waals surface area contributed by atoms with Crippen molar-refractivity contribution in [2.24, 2.45) is 0 Å². The van der Waals surface area contributed by atoms with E-state index in [4.69, 9.17) is 4.52 Å². The Kier molecular flexibility index (Phi) is 3.68. The van der Waals surface area contributed by atoms with E-state index in [9.17, 15) is 0 Å². The molecule has 0 amide bonds. The van der Waals surface area contributed by atoms with Crippen LogP contribution in [0.25, 0.3) is 0 Å². The molecule has 0 aliphatic carbocycles. The number of rotatable bonds is 2. The maximum Gasteiger partial charge on any atom is 0.186 e. The van der Waals surface area contributed by atoms with Gasteiger partial charge in [-0.2, -0.15) is 0 Å². The second kappa shape index (κ2) is 5.33. The standard InChI is InChI=1S/C16H20BNOP/c1-13-16(14-9-5-3-6-10-14)19-20(17,18(13)2)15-11-7-4-8-12-15/h3-13,16H,17H2,1-2H3/t13-,16-/m1/s1. The Morgan fingerprint density at radius 1 is 1.00 bits per heavy atom. The first-order chi connectivity index (χ1) is 9.63. The molecule has 1 saturated heterocycles. The van der Waals surface area contributed by atoms with Crippen LogP contribution in [0.5, 0.6) is 0 Å². The first kappa shape index (κ1) is 13.8. The number of likely N-dealkylation sites (N-methyl/N-ethyl adjacent to an activating group) is 1. The molecule has 1 aliphatic rings. The van der Waals surface area contributed by atoms with Crippen molar-refractivity contribution in [2.45, 2.75) is 19.1 Å². The van der Waals surface area contributed by atoms with Crippen LogP contribution in [-0.4, -0.2) is 25.3 Å². The van der Waals surface area contributed by atoms with Gasteiger partial charge in [-0.15, -0.1) is 0 Å². The summed E-state index contributed by atoms with van der Waals surface area (Å²) < 4.78 is 9.01. The fourth-order valence-electron chi connectivity index (χ4n) is 2.86. The van der Waals surface area contributed by atoms with Crippen LogP contribution in [-0.2, 0) is 4.52 Å². The maximum absolute atomic E-state index is 6.58. The Balaban J connectivity index is 1.97. The Morgan fingerprint density at radius 2 is 1.55 bits per heavy atom. The van der Waals surface area contributed by atoms with E-state index in [0.717, 1.165) is 0 Å². The molecule has 1 fully saturated rings. The quantitative estimate of drug-likeness (QED) is 0.621. The van der Waals surface area contributed by atoms with Crippen LogP contribution in [0.4, 0.5) is 0 Å². The predicted molar refractivity (Wildman–Crippen MR) is 89.0 cm³/mol. The van der Waals surface area contributed by atoms with Crippen LogP contribution >= 0.6 is 7.52 Å². The van der Waals surface area contributed by atoms with E-state index in [1.54, 1.807) is 0 Å². The molecule has 1 radical (unpaired) electrons. The minimum absolute atomic E-state index is 0.153. The van der Waals surface area contributed by atoms with Crippen LogP contribution in [0.3, 0.4) is 0 Å². The molecule has 0 aromatic heterocycles. The molecule has 3 atom stereocenters. The molecular formula is C16H20BNOP. The fourth-order valence-corrected chi connectivity index (χ4v) is 5.77. The summed E-state index contributed by atoms with van der Waals surface area (Å²) in [4.78, 5) is 0. The summed E-state index contributed by atoms with van der Waals surface area (Å²) in [6, 6.07) is 21.6. The Morgan fingerprint density at radius 3 is 2.15 bits per heavy atom. The van der Waals surface area contributed by atoms with Crippen LogP contribution in [0, 0.1) is 0 Å². The highest BCUT2D eigenvalue weighted by molar-refractivity contribution is 7.97. The van der Waals surface area contributed by atoms with Gasteiger partial charge in [0.05, 0.1) is 0 Å². The number of hydrogen-bond acceptors (Lipinski definition) is 2. The molecule has 4 heteroatoms. The summed E-state index contributed by atoms with van der Waals surface area (Å²) in [7, 11) is 2.75. The molecule has 3 rings (SSSR count). The summed E-state index contributed by atoms with van der Waals surface area (Å²) in [6.45, 7) is 2.26. The topological polar surface area (TPSA) is 12.5 Å². The van der Waals surface area contributed by atoms with Crippen molar-refractivity contribution in [1.82, 2.24) is 4.67 Å². The molecule has 1 heterocycles. The van der Waals surface area contributed by atoms with Crippen LogP contribution < -0.4 is 5.30 Å². The zero-order valence-electron chi connectivity index (χ0n) is 12.2. The van der Waals surface area contributed by atoms with Crippen molar-refractivity contribution in [2.75, 3.05) is 7.05 Å². The zero-order chi connectivity index (χ0) is 14.2. The van der Waals surface area contributed by atoms with E-state index in [1.807, 2.05) is 0 Å². The van der Waals surface area contributed by atoms with E-state index >= 15 is 0 Å². The Labute approximate surface area is 122 Å². The van der Waals surface area contributed by atoms with Crippen LogP contribution in [0.15, 0.2) is 60.7 Å². The first-order valence-electron chi connectivity index (χ1n) is 7.02. The second-order valence-corrected chi connectivity index (χ2v) is 8.58. The summed E-state index contributed by atoms with van der Waals surface area (Å²) in [6.07, 6.45) is 0.153. The van der Waals surface area contributed by atoms with Gasteiger partial charge < -0.3 is 4.52 Å². The van der Waals surface area contributed by atoms with Gasteiger partial charge in [-0.05, 0) is 19.5 Å². The van der Waals surface area contributed by atoms with Crippen molar-refractivity contribution in [3.8, 4) is 0 Å². The minimum atomic E-state index is -1.71. The van der Waals surface area contributed by atoms with Crippen molar-refractivity contribution in [1.29, 1.82) is 0 Å². The molecule has 0 spiro atoms.